The van der Waals surface area contributed by atoms with Crippen molar-refractivity contribution in [3.63, 3.8) is 0 Å². The van der Waals surface area contributed by atoms with E-state index in [1.807, 2.05) is 30.3 Å². The number of rotatable bonds is 3. The fraction of sp³-hybridized carbons (Fsp3) is 0.0870. The summed E-state index contributed by atoms with van der Waals surface area (Å²) in [6.45, 7) is 0. The van der Waals surface area contributed by atoms with Crippen molar-refractivity contribution in [1.29, 1.82) is 0 Å². The Morgan fingerprint density at radius 1 is 0.926 bits per heavy atom. The van der Waals surface area contributed by atoms with Gasteiger partial charge in [0.15, 0.2) is 0 Å². The van der Waals surface area contributed by atoms with E-state index in [-0.39, 0.29) is 0 Å². The van der Waals surface area contributed by atoms with Crippen LogP contribution in [0.3, 0.4) is 0 Å². The minimum Gasteiger partial charge on any atom is -0.494 e. The largest absolute Gasteiger partial charge is 0.494 e. The van der Waals surface area contributed by atoms with Crippen molar-refractivity contribution < 1.29 is 4.74 Å². The first-order valence-corrected chi connectivity index (χ1v) is 8.94. The Kier molecular flexibility index (Phi) is 3.50. The number of para-hydroxylation sites is 1. The third-order valence-corrected chi connectivity index (χ3v) is 5.07. The Labute approximate surface area is 157 Å². The number of pyridine rings is 1. The van der Waals surface area contributed by atoms with Crippen LogP contribution in [0.15, 0.2) is 66.7 Å². The maximum atomic E-state index is 5.87. The second kappa shape index (κ2) is 6.02. The standard InChI is InChI=1S/C23H19N3O/c1-27-21-13-17(24)9-10-19(21)25-20-8-4-6-15-12-16-11-14-5-2-3-7-18(14)22(16)26-23(15)20/h2-10,12-13,25H,11,24H2,1H3. The van der Waals surface area contributed by atoms with Crippen LogP contribution in [0.2, 0.25) is 0 Å². The van der Waals surface area contributed by atoms with E-state index < -0.39 is 0 Å². The molecule has 0 fully saturated rings. The number of nitrogens with two attached hydrogens (primary N) is 1. The van der Waals surface area contributed by atoms with E-state index in [0.717, 1.165) is 34.4 Å². The number of fused-ring (bicyclic) bond motifs is 4. The molecule has 0 atom stereocenters. The van der Waals surface area contributed by atoms with E-state index in [0.29, 0.717) is 11.4 Å². The van der Waals surface area contributed by atoms with E-state index in [1.54, 1.807) is 7.11 Å². The molecule has 0 saturated heterocycles. The lowest BCUT2D eigenvalue weighted by atomic mass is 10.1. The second-order valence-electron chi connectivity index (χ2n) is 6.79. The van der Waals surface area contributed by atoms with Crippen molar-refractivity contribution >= 4 is 28.0 Å². The molecule has 27 heavy (non-hydrogen) atoms. The molecule has 0 spiro atoms. The van der Waals surface area contributed by atoms with E-state index in [1.165, 1.54) is 16.7 Å². The van der Waals surface area contributed by atoms with Crippen LogP contribution >= 0.6 is 0 Å². The summed E-state index contributed by atoms with van der Waals surface area (Å²) in [6, 6.07) is 22.5. The molecule has 4 nitrogen and oxygen atoms in total. The van der Waals surface area contributed by atoms with Gasteiger partial charge in [0.25, 0.3) is 0 Å². The van der Waals surface area contributed by atoms with Gasteiger partial charge in [0.2, 0.25) is 0 Å². The molecular formula is C23H19N3O. The highest BCUT2D eigenvalue weighted by molar-refractivity contribution is 5.96. The molecule has 0 amide bonds. The number of nitrogens with one attached hydrogen (secondary N) is 1. The van der Waals surface area contributed by atoms with Gasteiger partial charge in [-0.15, -0.1) is 0 Å². The Hall–Kier alpha value is -3.53. The maximum absolute atomic E-state index is 5.87. The molecule has 0 radical (unpaired) electrons. The molecule has 0 saturated carbocycles. The molecule has 0 aliphatic heterocycles. The van der Waals surface area contributed by atoms with E-state index in [9.17, 15) is 0 Å². The fourth-order valence-corrected chi connectivity index (χ4v) is 3.78. The fourth-order valence-electron chi connectivity index (χ4n) is 3.78. The minimum atomic E-state index is 0.669. The zero-order chi connectivity index (χ0) is 18.4. The van der Waals surface area contributed by atoms with Gasteiger partial charge in [-0.05, 0) is 35.4 Å². The number of nitrogens with zero attached hydrogens (tertiary/aromatic N) is 1. The van der Waals surface area contributed by atoms with Gasteiger partial charge < -0.3 is 15.8 Å². The quantitative estimate of drug-likeness (QED) is 0.441. The molecule has 0 unspecified atom stereocenters. The highest BCUT2D eigenvalue weighted by atomic mass is 16.5. The van der Waals surface area contributed by atoms with Crippen LogP contribution in [-0.2, 0) is 6.42 Å². The van der Waals surface area contributed by atoms with Crippen LogP contribution in [0, 0.1) is 0 Å². The molecule has 3 N–H and O–H groups in total. The van der Waals surface area contributed by atoms with Crippen molar-refractivity contribution in [3.05, 3.63) is 77.9 Å². The average molecular weight is 353 g/mol. The van der Waals surface area contributed by atoms with Crippen LogP contribution in [-0.4, -0.2) is 12.1 Å². The zero-order valence-corrected chi connectivity index (χ0v) is 15.0. The van der Waals surface area contributed by atoms with E-state index in [2.05, 4.69) is 41.7 Å². The van der Waals surface area contributed by atoms with Crippen LogP contribution in [0.4, 0.5) is 17.1 Å². The Morgan fingerprint density at radius 2 is 1.81 bits per heavy atom. The van der Waals surface area contributed by atoms with E-state index >= 15 is 0 Å². The number of hydrogen-bond acceptors (Lipinski definition) is 4. The van der Waals surface area contributed by atoms with Crippen molar-refractivity contribution in [3.8, 4) is 17.0 Å². The Balaban J connectivity index is 1.65. The number of ether oxygens (including phenoxy) is 1. The molecular weight excluding hydrogens is 334 g/mol. The average Bonchev–Trinajstić information content (AvgIpc) is 3.05. The predicted molar refractivity (Wildman–Crippen MR) is 111 cm³/mol. The lowest BCUT2D eigenvalue weighted by molar-refractivity contribution is 0.417. The molecule has 1 heterocycles. The number of anilines is 3. The summed E-state index contributed by atoms with van der Waals surface area (Å²) in [6.07, 6.45) is 0.942. The highest BCUT2D eigenvalue weighted by Crippen LogP contribution is 2.39. The minimum absolute atomic E-state index is 0.669. The lowest BCUT2D eigenvalue weighted by Gasteiger charge is -2.14. The van der Waals surface area contributed by atoms with E-state index in [4.69, 9.17) is 15.5 Å². The number of nitrogen functional groups attached to an aromatic ring is 1. The Morgan fingerprint density at radius 3 is 2.70 bits per heavy atom. The van der Waals surface area contributed by atoms with Crippen molar-refractivity contribution in [1.82, 2.24) is 4.98 Å². The molecule has 1 aliphatic rings. The third-order valence-electron chi connectivity index (χ3n) is 5.07. The molecule has 5 rings (SSSR count). The van der Waals surface area contributed by atoms with Gasteiger partial charge in [-0.25, -0.2) is 4.98 Å². The highest BCUT2D eigenvalue weighted by Gasteiger charge is 2.20. The van der Waals surface area contributed by atoms with Gasteiger partial charge >= 0.3 is 0 Å². The molecule has 4 heteroatoms. The van der Waals surface area contributed by atoms with Crippen LogP contribution in [0.1, 0.15) is 11.1 Å². The zero-order valence-electron chi connectivity index (χ0n) is 15.0. The van der Waals surface area contributed by atoms with Gasteiger partial charge in [0.1, 0.15) is 5.75 Å². The number of methoxy groups -OCH3 is 1. The number of benzene rings is 3. The van der Waals surface area contributed by atoms with Crippen LogP contribution in [0.25, 0.3) is 22.2 Å². The van der Waals surface area contributed by atoms with Gasteiger partial charge in [0, 0.05) is 29.1 Å². The molecule has 4 aromatic rings. The van der Waals surface area contributed by atoms with Crippen LogP contribution in [0.5, 0.6) is 5.75 Å². The van der Waals surface area contributed by atoms with Crippen molar-refractivity contribution in [2.75, 3.05) is 18.2 Å². The first kappa shape index (κ1) is 15.7. The number of aromatic nitrogens is 1. The first-order valence-electron chi connectivity index (χ1n) is 8.94. The summed E-state index contributed by atoms with van der Waals surface area (Å²) >= 11 is 0. The third kappa shape index (κ3) is 2.57. The first-order chi connectivity index (χ1) is 13.2. The number of hydrogen-bond donors (Lipinski definition) is 2. The van der Waals surface area contributed by atoms with Crippen molar-refractivity contribution in [2.24, 2.45) is 0 Å². The van der Waals surface area contributed by atoms with Gasteiger partial charge in [-0.3, -0.25) is 0 Å². The summed E-state index contributed by atoms with van der Waals surface area (Å²) in [4.78, 5) is 5.04. The van der Waals surface area contributed by atoms with Gasteiger partial charge in [-0.2, -0.15) is 0 Å². The summed E-state index contributed by atoms with van der Waals surface area (Å²) in [5, 5.41) is 4.59. The summed E-state index contributed by atoms with van der Waals surface area (Å²) in [5.41, 5.74) is 14.2. The van der Waals surface area contributed by atoms with Gasteiger partial charge in [-0.1, -0.05) is 36.4 Å². The normalized spacial score (nSPS) is 11.9. The molecule has 1 aliphatic carbocycles. The Bertz CT molecular complexity index is 1180. The monoisotopic (exact) mass is 353 g/mol. The molecule has 1 aromatic heterocycles. The summed E-state index contributed by atoms with van der Waals surface area (Å²) in [7, 11) is 1.64. The predicted octanol–water partition coefficient (Wildman–Crippen LogP) is 5.14. The molecule has 3 aromatic carbocycles. The molecule has 0 bridgehead atoms. The summed E-state index contributed by atoms with van der Waals surface area (Å²) in [5.74, 6) is 0.707. The topological polar surface area (TPSA) is 60.2 Å². The van der Waals surface area contributed by atoms with Gasteiger partial charge in [0.05, 0.1) is 29.7 Å². The lowest BCUT2D eigenvalue weighted by Crippen LogP contribution is -1.98. The summed E-state index contributed by atoms with van der Waals surface area (Å²) < 4.78 is 5.47. The van der Waals surface area contributed by atoms with Crippen molar-refractivity contribution in [2.45, 2.75) is 6.42 Å². The smallest absolute Gasteiger partial charge is 0.144 e. The SMILES string of the molecule is COc1cc(N)ccc1Nc1cccc2cc3c(nc12)-c1ccccc1C3. The van der Waals surface area contributed by atoms with Crippen LogP contribution < -0.4 is 15.8 Å². The molecule has 132 valence electrons. The maximum Gasteiger partial charge on any atom is 0.144 e. The second-order valence-corrected chi connectivity index (χ2v) is 6.79.